The van der Waals surface area contributed by atoms with Gasteiger partial charge >= 0.3 is 0 Å². The number of aliphatic hydroxyl groups is 1. The molecule has 1 aromatic heterocycles. The van der Waals surface area contributed by atoms with Gasteiger partial charge in [0.1, 0.15) is 17.5 Å². The van der Waals surface area contributed by atoms with Gasteiger partial charge in [0.2, 0.25) is 0 Å². The van der Waals surface area contributed by atoms with Crippen molar-refractivity contribution in [2.75, 3.05) is 24.2 Å². The normalized spacial score (nSPS) is 22.3. The lowest BCUT2D eigenvalue weighted by Gasteiger charge is -2.19. The summed E-state index contributed by atoms with van der Waals surface area (Å²) in [5.74, 6) is 3.23. The minimum Gasteiger partial charge on any atom is -0.393 e. The first-order valence-electron chi connectivity index (χ1n) is 7.51. The predicted molar refractivity (Wildman–Crippen MR) is 82.2 cm³/mol. The largest absolute Gasteiger partial charge is 0.393 e. The van der Waals surface area contributed by atoms with Crippen LogP contribution in [0.4, 0.5) is 11.6 Å². The van der Waals surface area contributed by atoms with Gasteiger partial charge in [-0.2, -0.15) is 0 Å². The zero-order valence-electron chi connectivity index (χ0n) is 12.9. The summed E-state index contributed by atoms with van der Waals surface area (Å²) in [7, 11) is 1.88. The summed E-state index contributed by atoms with van der Waals surface area (Å²) in [6.07, 6.45) is 2.97. The molecule has 1 aliphatic rings. The summed E-state index contributed by atoms with van der Waals surface area (Å²) in [5.41, 5.74) is 1.03. The predicted octanol–water partition coefficient (Wildman–Crippen LogP) is 2.52. The molecule has 1 aromatic rings. The Morgan fingerprint density at radius 3 is 2.50 bits per heavy atom. The molecule has 0 bridgehead atoms. The molecule has 2 rings (SSSR count). The van der Waals surface area contributed by atoms with Gasteiger partial charge in [0.05, 0.1) is 6.10 Å². The van der Waals surface area contributed by atoms with Gasteiger partial charge in [0.25, 0.3) is 0 Å². The van der Waals surface area contributed by atoms with Crippen LogP contribution in [-0.2, 0) is 0 Å². The van der Waals surface area contributed by atoms with Crippen molar-refractivity contribution in [3.8, 4) is 0 Å². The smallest absolute Gasteiger partial charge is 0.135 e. The highest BCUT2D eigenvalue weighted by atomic mass is 16.3. The number of rotatable bonds is 5. The van der Waals surface area contributed by atoms with Crippen LogP contribution in [0.5, 0.6) is 0 Å². The van der Waals surface area contributed by atoms with Crippen LogP contribution in [0.1, 0.15) is 50.4 Å². The van der Waals surface area contributed by atoms with Crippen LogP contribution in [0.25, 0.3) is 0 Å². The van der Waals surface area contributed by atoms with Crippen LogP contribution in [0.3, 0.4) is 0 Å². The highest BCUT2D eigenvalue weighted by Gasteiger charge is 2.25. The van der Waals surface area contributed by atoms with Gasteiger partial charge in [0.15, 0.2) is 0 Å². The van der Waals surface area contributed by atoms with Crippen molar-refractivity contribution in [1.82, 2.24) is 9.97 Å². The number of hydrogen-bond acceptors (Lipinski definition) is 5. The topological polar surface area (TPSA) is 70.1 Å². The Morgan fingerprint density at radius 2 is 1.95 bits per heavy atom. The van der Waals surface area contributed by atoms with E-state index in [2.05, 4.69) is 34.4 Å². The molecule has 0 amide bonds. The fraction of sp³-hybridized carbons (Fsp3) is 0.733. The number of nitrogens with zero attached hydrogens (tertiary/aromatic N) is 2. The monoisotopic (exact) mass is 278 g/mol. The van der Waals surface area contributed by atoms with Crippen LogP contribution in [0, 0.1) is 12.8 Å². The second kappa shape index (κ2) is 6.39. The molecule has 3 N–H and O–H groups in total. The number of aromatic nitrogens is 2. The molecule has 1 saturated carbocycles. The van der Waals surface area contributed by atoms with Gasteiger partial charge in [-0.15, -0.1) is 0 Å². The maximum atomic E-state index is 9.89. The van der Waals surface area contributed by atoms with Crippen molar-refractivity contribution in [3.63, 3.8) is 0 Å². The van der Waals surface area contributed by atoms with Crippen molar-refractivity contribution in [2.24, 2.45) is 5.92 Å². The lowest BCUT2D eigenvalue weighted by atomic mass is 10.1. The quantitative estimate of drug-likeness (QED) is 0.772. The average Bonchev–Trinajstić information content (AvgIpc) is 2.83. The molecule has 1 fully saturated rings. The fourth-order valence-electron chi connectivity index (χ4n) is 2.69. The summed E-state index contributed by atoms with van der Waals surface area (Å²) in [4.78, 5) is 9.16. The maximum Gasteiger partial charge on any atom is 0.135 e. The Bertz CT molecular complexity index is 461. The summed E-state index contributed by atoms with van der Waals surface area (Å²) in [6.45, 7) is 6.98. The van der Waals surface area contributed by atoms with Crippen LogP contribution >= 0.6 is 0 Å². The molecular formula is C15H26N4O. The second-order valence-corrected chi connectivity index (χ2v) is 5.95. The minimum absolute atomic E-state index is 0.169. The third-order valence-corrected chi connectivity index (χ3v) is 4.07. The van der Waals surface area contributed by atoms with Gasteiger partial charge in [-0.3, -0.25) is 0 Å². The van der Waals surface area contributed by atoms with Crippen molar-refractivity contribution in [2.45, 2.75) is 52.1 Å². The van der Waals surface area contributed by atoms with E-state index in [1.165, 1.54) is 0 Å². The van der Waals surface area contributed by atoms with E-state index in [-0.39, 0.29) is 6.10 Å². The molecule has 2 atom stereocenters. The van der Waals surface area contributed by atoms with E-state index < -0.39 is 0 Å². The molecule has 0 aromatic carbocycles. The van der Waals surface area contributed by atoms with Crippen LogP contribution in [-0.4, -0.2) is 34.8 Å². The Hall–Kier alpha value is -1.36. The van der Waals surface area contributed by atoms with Gasteiger partial charge in [-0.25, -0.2) is 9.97 Å². The molecule has 5 nitrogen and oxygen atoms in total. The molecule has 1 heterocycles. The van der Waals surface area contributed by atoms with Gasteiger partial charge < -0.3 is 15.7 Å². The summed E-state index contributed by atoms with van der Waals surface area (Å²) in [5, 5.41) is 16.4. The van der Waals surface area contributed by atoms with Crippen molar-refractivity contribution < 1.29 is 5.11 Å². The number of anilines is 2. The van der Waals surface area contributed by atoms with Crippen molar-refractivity contribution in [1.29, 1.82) is 0 Å². The van der Waals surface area contributed by atoms with Crippen molar-refractivity contribution in [3.05, 3.63) is 11.4 Å². The molecule has 5 heteroatoms. The fourth-order valence-corrected chi connectivity index (χ4v) is 2.69. The Morgan fingerprint density at radius 1 is 1.25 bits per heavy atom. The van der Waals surface area contributed by atoms with Crippen LogP contribution < -0.4 is 10.6 Å². The molecule has 112 valence electrons. The summed E-state index contributed by atoms with van der Waals surface area (Å²) < 4.78 is 0. The van der Waals surface area contributed by atoms with E-state index >= 15 is 0 Å². The minimum atomic E-state index is -0.169. The first kappa shape index (κ1) is 15.0. The second-order valence-electron chi connectivity index (χ2n) is 5.95. The Kier molecular flexibility index (Phi) is 4.81. The van der Waals surface area contributed by atoms with E-state index in [0.717, 1.165) is 48.8 Å². The lowest BCUT2D eigenvalue weighted by Crippen LogP contribution is -2.23. The standard InChI is InChI=1S/C15H26N4O/c1-9(2)13-18-14(16-4)10(3)15(19-13)17-8-11-6-5-7-12(11)20/h9,11-12,20H,5-8H2,1-4H3,(H2,16,17,18,19). The first-order valence-corrected chi connectivity index (χ1v) is 7.51. The van der Waals surface area contributed by atoms with E-state index in [0.29, 0.717) is 11.8 Å². The third-order valence-electron chi connectivity index (χ3n) is 4.07. The zero-order chi connectivity index (χ0) is 14.7. The molecule has 0 spiro atoms. The molecule has 0 aliphatic heterocycles. The zero-order valence-corrected chi connectivity index (χ0v) is 12.9. The first-order chi connectivity index (χ1) is 9.52. The lowest BCUT2D eigenvalue weighted by molar-refractivity contribution is 0.138. The summed E-state index contributed by atoms with van der Waals surface area (Å²) in [6, 6.07) is 0. The van der Waals surface area contributed by atoms with E-state index in [4.69, 9.17) is 0 Å². The third kappa shape index (κ3) is 3.20. The molecule has 2 unspecified atom stereocenters. The molecule has 0 saturated heterocycles. The van der Waals surface area contributed by atoms with Crippen LogP contribution in [0.2, 0.25) is 0 Å². The van der Waals surface area contributed by atoms with Gasteiger partial charge in [-0.1, -0.05) is 20.3 Å². The SMILES string of the molecule is CNc1nc(C(C)C)nc(NCC2CCCC2O)c1C. The average molecular weight is 278 g/mol. The molecule has 1 aliphatic carbocycles. The number of nitrogens with one attached hydrogen (secondary N) is 2. The van der Waals surface area contributed by atoms with E-state index in [1.54, 1.807) is 0 Å². The highest BCUT2D eigenvalue weighted by Crippen LogP contribution is 2.27. The molecule has 20 heavy (non-hydrogen) atoms. The van der Waals surface area contributed by atoms with Crippen molar-refractivity contribution >= 4 is 11.6 Å². The van der Waals surface area contributed by atoms with Gasteiger partial charge in [-0.05, 0) is 19.8 Å². The van der Waals surface area contributed by atoms with E-state index in [9.17, 15) is 5.11 Å². The highest BCUT2D eigenvalue weighted by molar-refractivity contribution is 5.57. The molecule has 0 radical (unpaired) electrons. The maximum absolute atomic E-state index is 9.89. The van der Waals surface area contributed by atoms with Gasteiger partial charge in [0, 0.05) is 31.0 Å². The van der Waals surface area contributed by atoms with Crippen LogP contribution in [0.15, 0.2) is 0 Å². The van der Waals surface area contributed by atoms with E-state index in [1.807, 2.05) is 14.0 Å². The molecular weight excluding hydrogens is 252 g/mol. The Balaban J connectivity index is 2.15. The Labute approximate surface area is 121 Å². The summed E-state index contributed by atoms with van der Waals surface area (Å²) >= 11 is 0. The number of aliphatic hydroxyl groups excluding tert-OH is 1. The number of hydrogen-bond donors (Lipinski definition) is 3.